The second-order valence-corrected chi connectivity index (χ2v) is 3.19. The number of hydrogen-bond acceptors (Lipinski definition) is 1. The third-order valence-electron chi connectivity index (χ3n) is 1.71. The molecule has 0 unspecified atom stereocenters. The number of nitrogens with two attached hydrogens (primary N) is 1. The van der Waals surface area contributed by atoms with Crippen molar-refractivity contribution in [3.63, 3.8) is 0 Å². The van der Waals surface area contributed by atoms with Crippen LogP contribution >= 0.6 is 15.9 Å². The zero-order valence-corrected chi connectivity index (χ0v) is 8.41. The average Bonchev–Trinajstić information content (AvgIpc) is 2.07. The van der Waals surface area contributed by atoms with Crippen molar-refractivity contribution in [1.82, 2.24) is 0 Å². The highest BCUT2D eigenvalue weighted by atomic mass is 79.9. The molecule has 1 rings (SSSR count). The zero-order valence-electron chi connectivity index (χ0n) is 6.83. The monoisotopic (exact) mass is 271 g/mol. The van der Waals surface area contributed by atoms with Gasteiger partial charge in [-0.15, -0.1) is 0 Å². The van der Waals surface area contributed by atoms with Gasteiger partial charge in [-0.1, -0.05) is 22.0 Å². The summed E-state index contributed by atoms with van der Waals surface area (Å²) in [4.78, 5) is 0. The first-order valence-corrected chi connectivity index (χ1v) is 4.70. The van der Waals surface area contributed by atoms with Crippen molar-refractivity contribution in [2.45, 2.75) is 11.5 Å². The van der Waals surface area contributed by atoms with Gasteiger partial charge in [-0.2, -0.15) is 13.2 Å². The number of rotatable bonds is 1. The number of nitrogen functional groups attached to an aromatic ring is 1. The van der Waals surface area contributed by atoms with Gasteiger partial charge < -0.3 is 5.73 Å². The van der Waals surface area contributed by atoms with Crippen LogP contribution in [0.4, 0.5) is 23.2 Å². The highest BCUT2D eigenvalue weighted by molar-refractivity contribution is 9.08. The van der Waals surface area contributed by atoms with Crippen LogP contribution in [-0.4, -0.2) is 0 Å². The lowest BCUT2D eigenvalue weighted by atomic mass is 10.1. The van der Waals surface area contributed by atoms with E-state index in [1.54, 1.807) is 0 Å². The second kappa shape index (κ2) is 3.76. The third-order valence-corrected chi connectivity index (χ3v) is 2.31. The van der Waals surface area contributed by atoms with Crippen LogP contribution in [-0.2, 0) is 11.5 Å². The normalized spacial score (nSPS) is 11.8. The van der Waals surface area contributed by atoms with Gasteiger partial charge in [-0.05, 0) is 6.07 Å². The SMILES string of the molecule is Nc1c(C(F)(F)F)ccc(CBr)c1F. The van der Waals surface area contributed by atoms with Crippen molar-refractivity contribution < 1.29 is 17.6 Å². The fraction of sp³-hybridized carbons (Fsp3) is 0.250. The molecule has 0 bridgehead atoms. The smallest absolute Gasteiger partial charge is 0.396 e. The van der Waals surface area contributed by atoms with Gasteiger partial charge in [0.1, 0.15) is 0 Å². The topological polar surface area (TPSA) is 26.0 Å². The molecule has 0 aliphatic rings. The summed E-state index contributed by atoms with van der Waals surface area (Å²) in [5.41, 5.74) is 3.14. The molecule has 1 nitrogen and oxygen atoms in total. The van der Waals surface area contributed by atoms with E-state index in [0.717, 1.165) is 12.1 Å². The number of halogens is 5. The highest BCUT2D eigenvalue weighted by Crippen LogP contribution is 2.35. The molecule has 0 saturated heterocycles. The molecule has 0 heterocycles. The highest BCUT2D eigenvalue weighted by Gasteiger charge is 2.34. The molecule has 14 heavy (non-hydrogen) atoms. The van der Waals surface area contributed by atoms with E-state index in [1.807, 2.05) is 0 Å². The summed E-state index contributed by atoms with van der Waals surface area (Å²) in [5, 5.41) is 0.126. The summed E-state index contributed by atoms with van der Waals surface area (Å²) >= 11 is 2.94. The number of alkyl halides is 4. The van der Waals surface area contributed by atoms with E-state index in [0.29, 0.717) is 0 Å². The van der Waals surface area contributed by atoms with E-state index in [4.69, 9.17) is 5.73 Å². The Morgan fingerprint density at radius 3 is 2.29 bits per heavy atom. The Labute approximate surface area is 86.0 Å². The van der Waals surface area contributed by atoms with E-state index in [2.05, 4.69) is 15.9 Å². The summed E-state index contributed by atoms with van der Waals surface area (Å²) in [5.74, 6) is -1.02. The predicted octanol–water partition coefficient (Wildman–Crippen LogP) is 3.32. The van der Waals surface area contributed by atoms with Crippen LogP contribution in [0.2, 0.25) is 0 Å². The van der Waals surface area contributed by atoms with Gasteiger partial charge in [-0.25, -0.2) is 4.39 Å². The average molecular weight is 272 g/mol. The van der Waals surface area contributed by atoms with E-state index in [1.165, 1.54) is 0 Å². The molecule has 0 amide bonds. The molecular weight excluding hydrogens is 266 g/mol. The third kappa shape index (κ3) is 2.00. The lowest BCUT2D eigenvalue weighted by Gasteiger charge is -2.11. The van der Waals surface area contributed by atoms with E-state index < -0.39 is 23.2 Å². The maximum absolute atomic E-state index is 13.1. The molecule has 1 aromatic rings. The Kier molecular flexibility index (Phi) is 3.04. The van der Waals surface area contributed by atoms with Crippen molar-refractivity contribution in [2.75, 3.05) is 5.73 Å². The Morgan fingerprint density at radius 2 is 1.86 bits per heavy atom. The summed E-state index contributed by atoms with van der Waals surface area (Å²) in [7, 11) is 0. The molecule has 0 aliphatic carbocycles. The van der Waals surface area contributed by atoms with Gasteiger partial charge in [-0.3, -0.25) is 0 Å². The summed E-state index contributed by atoms with van der Waals surface area (Å²) in [6, 6.07) is 1.83. The van der Waals surface area contributed by atoms with Crippen LogP contribution < -0.4 is 5.73 Å². The Hall–Kier alpha value is -0.780. The summed E-state index contributed by atoms with van der Waals surface area (Å²) < 4.78 is 49.8. The molecule has 0 saturated carbocycles. The Morgan fingerprint density at radius 1 is 1.29 bits per heavy atom. The Bertz CT molecular complexity index is 348. The van der Waals surface area contributed by atoms with Crippen molar-refractivity contribution in [3.8, 4) is 0 Å². The minimum absolute atomic E-state index is 0.107. The molecular formula is C8H6BrF4N. The first-order valence-electron chi connectivity index (χ1n) is 3.58. The first-order chi connectivity index (χ1) is 6.38. The van der Waals surface area contributed by atoms with Crippen LogP contribution in [0.25, 0.3) is 0 Å². The number of hydrogen-bond donors (Lipinski definition) is 1. The minimum atomic E-state index is -4.62. The van der Waals surface area contributed by atoms with Gasteiger partial charge in [0.2, 0.25) is 0 Å². The van der Waals surface area contributed by atoms with Gasteiger partial charge in [0.25, 0.3) is 0 Å². The van der Waals surface area contributed by atoms with Crippen molar-refractivity contribution in [1.29, 1.82) is 0 Å². The molecule has 78 valence electrons. The van der Waals surface area contributed by atoms with Gasteiger partial charge in [0, 0.05) is 10.9 Å². The molecule has 6 heteroatoms. The van der Waals surface area contributed by atoms with Crippen LogP contribution in [0, 0.1) is 5.82 Å². The minimum Gasteiger partial charge on any atom is -0.396 e. The maximum Gasteiger partial charge on any atom is 0.418 e. The second-order valence-electron chi connectivity index (χ2n) is 2.63. The van der Waals surface area contributed by atoms with E-state index >= 15 is 0 Å². The number of anilines is 1. The summed E-state index contributed by atoms with van der Waals surface area (Å²) in [6.07, 6.45) is -4.62. The lowest BCUT2D eigenvalue weighted by molar-refractivity contribution is -0.137. The molecule has 0 spiro atoms. The maximum atomic E-state index is 13.1. The van der Waals surface area contributed by atoms with Gasteiger partial charge >= 0.3 is 6.18 Å². The van der Waals surface area contributed by atoms with Gasteiger partial charge in [0.15, 0.2) is 5.82 Å². The van der Waals surface area contributed by atoms with Crippen LogP contribution in [0.1, 0.15) is 11.1 Å². The molecule has 0 fully saturated rings. The van der Waals surface area contributed by atoms with E-state index in [9.17, 15) is 17.6 Å². The largest absolute Gasteiger partial charge is 0.418 e. The summed E-state index contributed by atoms with van der Waals surface area (Å²) in [6.45, 7) is 0. The van der Waals surface area contributed by atoms with Gasteiger partial charge in [0.05, 0.1) is 11.3 Å². The van der Waals surface area contributed by atoms with E-state index in [-0.39, 0.29) is 10.9 Å². The quantitative estimate of drug-likeness (QED) is 0.473. The molecule has 0 aliphatic heterocycles. The van der Waals surface area contributed by atoms with Crippen LogP contribution in [0.3, 0.4) is 0 Å². The van der Waals surface area contributed by atoms with Crippen LogP contribution in [0.5, 0.6) is 0 Å². The lowest BCUT2D eigenvalue weighted by Crippen LogP contribution is -2.11. The first kappa shape index (κ1) is 11.3. The predicted molar refractivity (Wildman–Crippen MR) is 48.4 cm³/mol. The molecule has 0 radical (unpaired) electrons. The molecule has 2 N–H and O–H groups in total. The van der Waals surface area contributed by atoms with Crippen LogP contribution in [0.15, 0.2) is 12.1 Å². The van der Waals surface area contributed by atoms with Crippen molar-refractivity contribution in [2.24, 2.45) is 0 Å². The molecule has 1 aromatic carbocycles. The molecule has 0 aromatic heterocycles. The Balaban J connectivity index is 3.31. The zero-order chi connectivity index (χ0) is 10.9. The fourth-order valence-electron chi connectivity index (χ4n) is 0.988. The standard InChI is InChI=1S/C8H6BrF4N/c9-3-4-1-2-5(8(11,12)13)7(14)6(4)10/h1-2H,3,14H2. The van der Waals surface area contributed by atoms with Crippen molar-refractivity contribution in [3.05, 3.63) is 29.1 Å². The van der Waals surface area contributed by atoms with Crippen molar-refractivity contribution >= 4 is 21.6 Å². The molecule has 0 atom stereocenters. The fourth-order valence-corrected chi connectivity index (χ4v) is 1.42. The number of benzene rings is 1.